The number of hydrogen-bond donors (Lipinski definition) is 2. The van der Waals surface area contributed by atoms with Crippen molar-refractivity contribution in [1.82, 2.24) is 5.32 Å². The zero-order chi connectivity index (χ0) is 9.52. The van der Waals surface area contributed by atoms with Crippen LogP contribution in [0.3, 0.4) is 0 Å². The quantitative estimate of drug-likeness (QED) is 0.694. The van der Waals surface area contributed by atoms with E-state index in [4.69, 9.17) is 9.84 Å². The number of alkyl carbamates (subject to hydrolysis) is 1. The fraction of sp³-hybridized carbons (Fsp3) is 0.889. The van der Waals surface area contributed by atoms with Gasteiger partial charge in [-0.05, 0) is 12.8 Å². The SMILES string of the molecule is O=C(NC1CCCCC1)OCCO. The van der Waals surface area contributed by atoms with Crippen molar-refractivity contribution in [2.45, 2.75) is 38.1 Å². The topological polar surface area (TPSA) is 58.6 Å². The van der Waals surface area contributed by atoms with E-state index in [0.29, 0.717) is 0 Å². The molecule has 0 aliphatic heterocycles. The maximum absolute atomic E-state index is 11.0. The summed E-state index contributed by atoms with van der Waals surface area (Å²) < 4.78 is 4.69. The lowest BCUT2D eigenvalue weighted by Gasteiger charge is -2.22. The molecule has 1 rings (SSSR count). The van der Waals surface area contributed by atoms with Gasteiger partial charge in [0.1, 0.15) is 6.61 Å². The first-order chi connectivity index (χ1) is 6.33. The Balaban J connectivity index is 2.11. The fourth-order valence-electron chi connectivity index (χ4n) is 1.59. The number of amides is 1. The Morgan fingerprint density at radius 3 is 2.69 bits per heavy atom. The third-order valence-corrected chi connectivity index (χ3v) is 2.25. The third-order valence-electron chi connectivity index (χ3n) is 2.25. The van der Waals surface area contributed by atoms with Crippen LogP contribution in [0.25, 0.3) is 0 Å². The molecule has 1 aliphatic rings. The molecule has 1 saturated carbocycles. The monoisotopic (exact) mass is 187 g/mol. The maximum Gasteiger partial charge on any atom is 0.407 e. The summed E-state index contributed by atoms with van der Waals surface area (Å²) in [6.45, 7) is -0.0311. The van der Waals surface area contributed by atoms with Crippen molar-refractivity contribution in [2.24, 2.45) is 0 Å². The van der Waals surface area contributed by atoms with Gasteiger partial charge in [-0.1, -0.05) is 19.3 Å². The van der Waals surface area contributed by atoms with E-state index in [0.717, 1.165) is 12.8 Å². The molecular weight excluding hydrogens is 170 g/mol. The first-order valence-electron chi connectivity index (χ1n) is 4.87. The largest absolute Gasteiger partial charge is 0.447 e. The summed E-state index contributed by atoms with van der Waals surface area (Å²) in [4.78, 5) is 11.0. The standard InChI is InChI=1S/C9H17NO3/c11-6-7-13-9(12)10-8-4-2-1-3-5-8/h8,11H,1-7H2,(H,10,12). The number of ether oxygens (including phenoxy) is 1. The average molecular weight is 187 g/mol. The molecule has 0 radical (unpaired) electrons. The maximum atomic E-state index is 11.0. The Hall–Kier alpha value is -0.770. The predicted octanol–water partition coefficient (Wildman–Crippen LogP) is 1.04. The van der Waals surface area contributed by atoms with E-state index in [-0.39, 0.29) is 19.3 Å². The second-order valence-corrected chi connectivity index (χ2v) is 3.34. The zero-order valence-corrected chi connectivity index (χ0v) is 7.79. The van der Waals surface area contributed by atoms with E-state index in [1.165, 1.54) is 19.3 Å². The van der Waals surface area contributed by atoms with Crippen molar-refractivity contribution in [3.63, 3.8) is 0 Å². The van der Waals surface area contributed by atoms with Crippen molar-refractivity contribution < 1.29 is 14.6 Å². The molecule has 0 saturated heterocycles. The molecule has 0 aromatic rings. The number of hydrogen-bond acceptors (Lipinski definition) is 3. The number of aliphatic hydroxyl groups excluding tert-OH is 1. The number of rotatable bonds is 3. The highest BCUT2D eigenvalue weighted by Crippen LogP contribution is 2.17. The molecule has 0 heterocycles. The normalized spacial score (nSPS) is 18.2. The molecular formula is C9H17NO3. The highest BCUT2D eigenvalue weighted by molar-refractivity contribution is 5.67. The van der Waals surface area contributed by atoms with Gasteiger partial charge in [-0.2, -0.15) is 0 Å². The number of nitrogens with one attached hydrogen (secondary N) is 1. The van der Waals surface area contributed by atoms with E-state index in [9.17, 15) is 4.79 Å². The van der Waals surface area contributed by atoms with Crippen LogP contribution in [0.1, 0.15) is 32.1 Å². The minimum atomic E-state index is -0.402. The van der Waals surface area contributed by atoms with E-state index >= 15 is 0 Å². The summed E-state index contributed by atoms with van der Waals surface area (Å²) in [5.74, 6) is 0. The van der Waals surface area contributed by atoms with Crippen molar-refractivity contribution >= 4 is 6.09 Å². The molecule has 1 fully saturated rings. The second kappa shape index (κ2) is 5.80. The van der Waals surface area contributed by atoms with Crippen molar-refractivity contribution in [3.05, 3.63) is 0 Å². The minimum absolute atomic E-state index is 0.0819. The number of aliphatic hydroxyl groups is 1. The van der Waals surface area contributed by atoms with Gasteiger partial charge in [0.25, 0.3) is 0 Å². The van der Waals surface area contributed by atoms with Crippen LogP contribution in [0.4, 0.5) is 4.79 Å². The van der Waals surface area contributed by atoms with Gasteiger partial charge in [-0.3, -0.25) is 0 Å². The van der Waals surface area contributed by atoms with Crippen LogP contribution in [0.5, 0.6) is 0 Å². The van der Waals surface area contributed by atoms with Gasteiger partial charge in [0.2, 0.25) is 0 Å². The lowest BCUT2D eigenvalue weighted by molar-refractivity contribution is 0.114. The zero-order valence-electron chi connectivity index (χ0n) is 7.79. The first kappa shape index (κ1) is 10.3. The van der Waals surface area contributed by atoms with Gasteiger partial charge >= 0.3 is 6.09 Å². The van der Waals surface area contributed by atoms with Crippen LogP contribution < -0.4 is 5.32 Å². The van der Waals surface area contributed by atoms with E-state index in [1.807, 2.05) is 0 Å². The summed E-state index contributed by atoms with van der Waals surface area (Å²) in [6, 6.07) is 0.278. The van der Waals surface area contributed by atoms with Crippen LogP contribution in [-0.4, -0.2) is 30.5 Å². The van der Waals surface area contributed by atoms with Crippen LogP contribution in [0.15, 0.2) is 0 Å². The Morgan fingerprint density at radius 1 is 1.38 bits per heavy atom. The van der Waals surface area contributed by atoms with Crippen molar-refractivity contribution in [2.75, 3.05) is 13.2 Å². The number of carbonyl (C=O) groups is 1. The molecule has 13 heavy (non-hydrogen) atoms. The van der Waals surface area contributed by atoms with Gasteiger partial charge in [0, 0.05) is 6.04 Å². The second-order valence-electron chi connectivity index (χ2n) is 3.34. The molecule has 0 aromatic carbocycles. The molecule has 0 bridgehead atoms. The summed E-state index contributed by atoms with van der Waals surface area (Å²) in [6.07, 6.45) is 5.34. The molecule has 0 aromatic heterocycles. The molecule has 0 spiro atoms. The lowest BCUT2D eigenvalue weighted by atomic mass is 9.96. The van der Waals surface area contributed by atoms with Crippen LogP contribution >= 0.6 is 0 Å². The molecule has 0 atom stereocenters. The first-order valence-corrected chi connectivity index (χ1v) is 4.87. The highest BCUT2D eigenvalue weighted by atomic mass is 16.6. The Morgan fingerprint density at radius 2 is 2.08 bits per heavy atom. The molecule has 1 amide bonds. The fourth-order valence-corrected chi connectivity index (χ4v) is 1.59. The van der Waals surface area contributed by atoms with Crippen LogP contribution in [-0.2, 0) is 4.74 Å². The third kappa shape index (κ3) is 4.12. The lowest BCUT2D eigenvalue weighted by Crippen LogP contribution is -2.36. The van der Waals surface area contributed by atoms with E-state index < -0.39 is 6.09 Å². The minimum Gasteiger partial charge on any atom is -0.447 e. The Bertz CT molecular complexity index is 155. The van der Waals surface area contributed by atoms with Crippen molar-refractivity contribution in [1.29, 1.82) is 0 Å². The van der Waals surface area contributed by atoms with Gasteiger partial charge in [-0.15, -0.1) is 0 Å². The van der Waals surface area contributed by atoms with Gasteiger partial charge in [0.15, 0.2) is 0 Å². The Labute approximate surface area is 78.3 Å². The average Bonchev–Trinajstić information content (AvgIpc) is 2.16. The number of carbonyl (C=O) groups excluding carboxylic acids is 1. The molecule has 4 nitrogen and oxygen atoms in total. The summed E-state index contributed by atoms with van der Waals surface area (Å²) in [7, 11) is 0. The van der Waals surface area contributed by atoms with E-state index in [1.54, 1.807) is 0 Å². The summed E-state index contributed by atoms with van der Waals surface area (Å²) in [5, 5.41) is 11.2. The molecule has 76 valence electrons. The van der Waals surface area contributed by atoms with Gasteiger partial charge in [-0.25, -0.2) is 4.79 Å². The van der Waals surface area contributed by atoms with Crippen LogP contribution in [0.2, 0.25) is 0 Å². The molecule has 2 N–H and O–H groups in total. The smallest absolute Gasteiger partial charge is 0.407 e. The molecule has 4 heteroatoms. The van der Waals surface area contributed by atoms with Crippen molar-refractivity contribution in [3.8, 4) is 0 Å². The van der Waals surface area contributed by atoms with Gasteiger partial charge < -0.3 is 15.2 Å². The summed E-state index contributed by atoms with van der Waals surface area (Å²) >= 11 is 0. The molecule has 0 unspecified atom stereocenters. The predicted molar refractivity (Wildman–Crippen MR) is 48.4 cm³/mol. The molecule has 1 aliphatic carbocycles. The summed E-state index contributed by atoms with van der Waals surface area (Å²) in [5.41, 5.74) is 0. The Kier molecular flexibility index (Phi) is 4.60. The van der Waals surface area contributed by atoms with Crippen LogP contribution in [0, 0.1) is 0 Å². The van der Waals surface area contributed by atoms with Gasteiger partial charge in [0.05, 0.1) is 6.61 Å². The van der Waals surface area contributed by atoms with E-state index in [2.05, 4.69) is 5.32 Å². The highest BCUT2D eigenvalue weighted by Gasteiger charge is 2.15.